The van der Waals surface area contributed by atoms with E-state index in [1.54, 1.807) is 11.1 Å². The normalized spacial score (nSPS) is 13.8. The second kappa shape index (κ2) is 16.5. The summed E-state index contributed by atoms with van der Waals surface area (Å²) >= 11 is 0. The first-order valence-electron chi connectivity index (χ1n) is 19.1. The lowest BCUT2D eigenvalue weighted by Gasteiger charge is -2.35. The zero-order chi connectivity index (χ0) is 34.1. The van der Waals surface area contributed by atoms with E-state index in [1.165, 1.54) is 105 Å². The Hall–Kier alpha value is -2.87. The summed E-state index contributed by atoms with van der Waals surface area (Å²) in [5.74, 6) is 0. The number of unbranched alkanes of at least 4 members (excludes halogenated alkanes) is 8. The molecule has 0 saturated carbocycles. The Balaban J connectivity index is 1.60. The average molecular weight is 636 g/mol. The molecule has 0 N–H and O–H groups in total. The summed E-state index contributed by atoms with van der Waals surface area (Å²) in [6, 6.07) is 23.1. The number of carbonyl (C=O) groups is 1. The number of rotatable bonds is 20. The summed E-state index contributed by atoms with van der Waals surface area (Å²) in [7, 11) is 2.17. The van der Waals surface area contributed by atoms with Crippen molar-refractivity contribution in [3.8, 4) is 11.1 Å². The van der Waals surface area contributed by atoms with Gasteiger partial charge in [-0.15, -0.1) is 0 Å². The van der Waals surface area contributed by atoms with Gasteiger partial charge in [-0.1, -0.05) is 143 Å². The highest BCUT2D eigenvalue weighted by Crippen LogP contribution is 2.56. The molecular weight excluding hydrogens is 571 g/mol. The van der Waals surface area contributed by atoms with E-state index in [2.05, 4.69) is 109 Å². The molecule has 2 nitrogen and oxygen atoms in total. The van der Waals surface area contributed by atoms with Gasteiger partial charge in [0.15, 0.2) is 0 Å². The van der Waals surface area contributed by atoms with Gasteiger partial charge in [0.05, 0.1) is 0 Å². The second-order valence-electron chi connectivity index (χ2n) is 15.9. The first-order chi connectivity index (χ1) is 22.5. The second-order valence-corrected chi connectivity index (χ2v) is 15.9. The lowest BCUT2D eigenvalue weighted by Crippen LogP contribution is -2.27. The summed E-state index contributed by atoms with van der Waals surface area (Å²) in [6.07, 6.45) is 18.7. The Kier molecular flexibility index (Phi) is 13.0. The van der Waals surface area contributed by atoms with Gasteiger partial charge in [-0.3, -0.25) is 4.79 Å². The molecule has 4 rings (SSSR count). The van der Waals surface area contributed by atoms with Crippen LogP contribution in [0, 0.1) is 0 Å². The molecule has 0 unspecified atom stereocenters. The molecule has 2 heteroatoms. The Bertz CT molecular complexity index is 1360. The van der Waals surface area contributed by atoms with E-state index in [9.17, 15) is 4.79 Å². The molecule has 0 amide bonds. The minimum Gasteiger partial charge on any atom is -0.375 e. The highest BCUT2D eigenvalue weighted by atomic mass is 16.1. The smallest absolute Gasteiger partial charge is 0.150 e. The van der Waals surface area contributed by atoms with Gasteiger partial charge in [-0.2, -0.15) is 0 Å². The minimum absolute atomic E-state index is 0.0895. The fraction of sp³-hybridized carbons (Fsp3) is 0.578. The summed E-state index contributed by atoms with van der Waals surface area (Å²) < 4.78 is 0. The average Bonchev–Trinajstić information content (AvgIpc) is 3.36. The lowest BCUT2D eigenvalue weighted by molar-refractivity contribution is 0.112. The molecule has 0 aliphatic heterocycles. The van der Waals surface area contributed by atoms with Gasteiger partial charge in [0.25, 0.3) is 0 Å². The maximum atomic E-state index is 11.1. The van der Waals surface area contributed by atoms with Crippen molar-refractivity contribution in [2.24, 2.45) is 0 Å². The topological polar surface area (TPSA) is 20.3 Å². The third-order valence-corrected chi connectivity index (χ3v) is 12.0. The fourth-order valence-electron chi connectivity index (χ4n) is 7.68. The number of hydrogen-bond donors (Lipinski definition) is 0. The SMILES string of the molecule is CCCCCCCCC1(CCCCCCN(C)c2ccc(C=O)cc2)c2cc(C(C)(C)CC)ccc2-c2ccc(C(C)(C)CC)cc21. The van der Waals surface area contributed by atoms with Crippen LogP contribution in [-0.2, 0) is 16.2 Å². The van der Waals surface area contributed by atoms with Crippen LogP contribution in [0.1, 0.15) is 171 Å². The van der Waals surface area contributed by atoms with Gasteiger partial charge < -0.3 is 4.90 Å². The van der Waals surface area contributed by atoms with E-state index >= 15 is 0 Å². The summed E-state index contributed by atoms with van der Waals surface area (Å²) in [4.78, 5) is 13.4. The maximum Gasteiger partial charge on any atom is 0.150 e. The molecule has 3 aromatic rings. The Morgan fingerprint density at radius 1 is 0.617 bits per heavy atom. The van der Waals surface area contributed by atoms with Crippen molar-refractivity contribution in [2.45, 2.75) is 155 Å². The zero-order valence-corrected chi connectivity index (χ0v) is 31.3. The molecule has 0 spiro atoms. The summed E-state index contributed by atoms with van der Waals surface area (Å²) in [5.41, 5.74) is 11.6. The number of hydrogen-bond acceptors (Lipinski definition) is 2. The number of aldehydes is 1. The molecule has 256 valence electrons. The molecule has 0 heterocycles. The van der Waals surface area contributed by atoms with E-state index < -0.39 is 0 Å². The quantitative estimate of drug-likeness (QED) is 0.0909. The molecule has 1 aliphatic rings. The van der Waals surface area contributed by atoms with Crippen LogP contribution in [-0.4, -0.2) is 19.9 Å². The summed E-state index contributed by atoms with van der Waals surface area (Å²) in [5, 5.41) is 0. The van der Waals surface area contributed by atoms with Crippen molar-refractivity contribution in [1.82, 2.24) is 0 Å². The lowest BCUT2D eigenvalue weighted by atomic mass is 9.68. The molecule has 3 aromatic carbocycles. The largest absolute Gasteiger partial charge is 0.375 e. The van der Waals surface area contributed by atoms with E-state index in [0.29, 0.717) is 0 Å². The van der Waals surface area contributed by atoms with Crippen LogP contribution in [0.3, 0.4) is 0 Å². The van der Waals surface area contributed by atoms with Crippen molar-refractivity contribution in [3.63, 3.8) is 0 Å². The van der Waals surface area contributed by atoms with Gasteiger partial charge in [-0.25, -0.2) is 0 Å². The van der Waals surface area contributed by atoms with Crippen molar-refractivity contribution in [2.75, 3.05) is 18.5 Å². The van der Waals surface area contributed by atoms with Crippen molar-refractivity contribution < 1.29 is 4.79 Å². The molecule has 0 radical (unpaired) electrons. The molecule has 1 aliphatic carbocycles. The van der Waals surface area contributed by atoms with Gasteiger partial charge in [0.2, 0.25) is 0 Å². The fourth-order valence-corrected chi connectivity index (χ4v) is 7.68. The highest BCUT2D eigenvalue weighted by molar-refractivity contribution is 5.82. The van der Waals surface area contributed by atoms with Gasteiger partial charge in [-0.05, 0) is 101 Å². The van der Waals surface area contributed by atoms with Crippen LogP contribution in [0.4, 0.5) is 5.69 Å². The van der Waals surface area contributed by atoms with Crippen LogP contribution in [0.2, 0.25) is 0 Å². The maximum absolute atomic E-state index is 11.1. The molecule has 0 bridgehead atoms. The van der Waals surface area contributed by atoms with Crippen molar-refractivity contribution in [3.05, 3.63) is 88.5 Å². The molecule has 0 saturated heterocycles. The Morgan fingerprint density at radius 3 is 1.55 bits per heavy atom. The summed E-state index contributed by atoms with van der Waals surface area (Å²) in [6.45, 7) is 17.7. The van der Waals surface area contributed by atoms with Crippen LogP contribution in [0.5, 0.6) is 0 Å². The predicted octanol–water partition coefficient (Wildman–Crippen LogP) is 13.0. The first-order valence-corrected chi connectivity index (χ1v) is 19.1. The van der Waals surface area contributed by atoms with E-state index in [-0.39, 0.29) is 16.2 Å². The van der Waals surface area contributed by atoms with E-state index in [1.807, 2.05) is 12.1 Å². The van der Waals surface area contributed by atoms with Gasteiger partial charge >= 0.3 is 0 Å². The third-order valence-electron chi connectivity index (χ3n) is 12.0. The van der Waals surface area contributed by atoms with E-state index in [4.69, 9.17) is 0 Å². The number of anilines is 1. The highest BCUT2D eigenvalue weighted by Gasteiger charge is 2.43. The molecular formula is C45H65NO. The number of benzene rings is 3. The Morgan fingerprint density at radius 2 is 1.09 bits per heavy atom. The van der Waals surface area contributed by atoms with Gasteiger partial charge in [0.1, 0.15) is 6.29 Å². The van der Waals surface area contributed by atoms with Gasteiger partial charge in [0, 0.05) is 30.3 Å². The monoisotopic (exact) mass is 636 g/mol. The molecule has 0 atom stereocenters. The van der Waals surface area contributed by atoms with Crippen LogP contribution in [0.25, 0.3) is 11.1 Å². The predicted molar refractivity (Wildman–Crippen MR) is 205 cm³/mol. The molecule has 47 heavy (non-hydrogen) atoms. The Labute approximate surface area is 288 Å². The zero-order valence-electron chi connectivity index (χ0n) is 31.3. The van der Waals surface area contributed by atoms with Crippen LogP contribution < -0.4 is 4.90 Å². The number of fused-ring (bicyclic) bond motifs is 3. The van der Waals surface area contributed by atoms with Crippen molar-refractivity contribution in [1.29, 1.82) is 0 Å². The molecule has 0 aromatic heterocycles. The minimum atomic E-state index is 0.0895. The number of carbonyl (C=O) groups excluding carboxylic acids is 1. The third kappa shape index (κ3) is 8.60. The van der Waals surface area contributed by atoms with E-state index in [0.717, 1.165) is 31.2 Å². The van der Waals surface area contributed by atoms with Crippen LogP contribution in [0.15, 0.2) is 60.7 Å². The first kappa shape index (κ1) is 37.0. The van der Waals surface area contributed by atoms with Crippen molar-refractivity contribution >= 4 is 12.0 Å². The molecule has 0 fully saturated rings. The van der Waals surface area contributed by atoms with Crippen LogP contribution >= 0.6 is 0 Å². The standard InChI is InChI=1S/C45H65NO/c1-9-12-13-14-15-18-29-45(30-19-16-17-20-31-46(8)38-25-21-35(34-47)22-26-38)41-32-36(43(4,5)10-2)23-27-39(41)40-28-24-37(33-42(40)45)44(6,7)11-3/h21-28,32-34H,9-20,29-31H2,1-8H3. The number of nitrogens with zero attached hydrogens (tertiary/aromatic N) is 1.